The van der Waals surface area contributed by atoms with Crippen LogP contribution in [0.5, 0.6) is 0 Å². The van der Waals surface area contributed by atoms with Gasteiger partial charge in [-0.15, -0.1) is 0 Å². The predicted molar refractivity (Wildman–Crippen MR) is 155 cm³/mol. The molecule has 0 aliphatic carbocycles. The number of ether oxygens (including phenoxy) is 2. The molecule has 37 heavy (non-hydrogen) atoms. The van der Waals surface area contributed by atoms with Gasteiger partial charge >= 0.3 is 11.9 Å². The molecule has 0 saturated carbocycles. The zero-order chi connectivity index (χ0) is 27.0. The summed E-state index contributed by atoms with van der Waals surface area (Å²) in [5.74, 6) is -0.863. The van der Waals surface area contributed by atoms with Crippen LogP contribution in [0.25, 0.3) is 0 Å². The lowest BCUT2D eigenvalue weighted by atomic mass is 10.0. The normalized spacial score (nSPS) is 11.1. The summed E-state index contributed by atoms with van der Waals surface area (Å²) in [7, 11) is 0. The Bertz CT molecular complexity index is 693. The molecule has 1 rings (SSSR count). The monoisotopic (exact) mass is 516 g/mol. The molecular formula is C33H56O4. The third-order valence-electron chi connectivity index (χ3n) is 7.09. The fourth-order valence-corrected chi connectivity index (χ4v) is 4.85. The van der Waals surface area contributed by atoms with Crippen LogP contribution in [0.4, 0.5) is 0 Å². The van der Waals surface area contributed by atoms with Gasteiger partial charge in [0.05, 0.1) is 17.7 Å². The van der Waals surface area contributed by atoms with E-state index in [9.17, 15) is 9.59 Å². The van der Waals surface area contributed by atoms with Crippen molar-refractivity contribution in [1.82, 2.24) is 0 Å². The number of rotatable bonds is 24. The number of benzene rings is 1. The molecule has 0 N–H and O–H groups in total. The van der Waals surface area contributed by atoms with Gasteiger partial charge in [-0.1, -0.05) is 142 Å². The van der Waals surface area contributed by atoms with E-state index in [0.29, 0.717) is 17.7 Å². The van der Waals surface area contributed by atoms with Crippen LogP contribution in [0, 0.1) is 0 Å². The Hall–Kier alpha value is -1.84. The minimum atomic E-state index is -0.434. The van der Waals surface area contributed by atoms with Crippen molar-refractivity contribution in [3.63, 3.8) is 0 Å². The third-order valence-corrected chi connectivity index (χ3v) is 7.09. The van der Waals surface area contributed by atoms with Gasteiger partial charge in [0, 0.05) is 0 Å². The maximum absolute atomic E-state index is 12.7. The first kappa shape index (κ1) is 33.2. The molecule has 0 aliphatic heterocycles. The summed E-state index contributed by atoms with van der Waals surface area (Å²) in [6.45, 7) is 6.84. The number of hydrogen-bond donors (Lipinski definition) is 0. The number of unbranched alkanes of at least 4 members (excludes halogenated alkanes) is 15. The Morgan fingerprint density at radius 2 is 0.973 bits per heavy atom. The van der Waals surface area contributed by atoms with E-state index in [-0.39, 0.29) is 6.10 Å². The van der Waals surface area contributed by atoms with E-state index < -0.39 is 11.9 Å². The van der Waals surface area contributed by atoms with E-state index in [1.165, 1.54) is 89.9 Å². The summed E-state index contributed by atoms with van der Waals surface area (Å²) in [5.41, 5.74) is 0.604. The summed E-state index contributed by atoms with van der Waals surface area (Å²) >= 11 is 0. The van der Waals surface area contributed by atoms with E-state index >= 15 is 0 Å². The molecule has 0 unspecified atom stereocenters. The van der Waals surface area contributed by atoms with Gasteiger partial charge in [0.25, 0.3) is 0 Å². The Kier molecular flexibility index (Phi) is 20.9. The van der Waals surface area contributed by atoms with Gasteiger partial charge in [-0.2, -0.15) is 0 Å². The van der Waals surface area contributed by atoms with Crippen LogP contribution >= 0.6 is 0 Å². The number of esters is 2. The van der Waals surface area contributed by atoms with Crippen LogP contribution < -0.4 is 0 Å². The fraction of sp³-hybridized carbons (Fsp3) is 0.758. The first-order valence-corrected chi connectivity index (χ1v) is 15.6. The second-order valence-corrected chi connectivity index (χ2v) is 10.6. The molecule has 1 aromatic carbocycles. The number of hydrogen-bond acceptors (Lipinski definition) is 4. The minimum Gasteiger partial charge on any atom is -0.462 e. The van der Waals surface area contributed by atoms with E-state index in [1.54, 1.807) is 24.3 Å². The SMILES string of the molecule is CCCCCCCCCCCCCCCCCCOC(=O)c1ccccc1C(=O)OC(CCC)CCC. The molecular weight excluding hydrogens is 460 g/mol. The summed E-state index contributed by atoms with van der Waals surface area (Å²) < 4.78 is 11.2. The van der Waals surface area contributed by atoms with Crippen LogP contribution in [0.3, 0.4) is 0 Å². The fourth-order valence-electron chi connectivity index (χ4n) is 4.85. The second-order valence-electron chi connectivity index (χ2n) is 10.6. The highest BCUT2D eigenvalue weighted by atomic mass is 16.5. The second kappa shape index (κ2) is 23.3. The quantitative estimate of drug-likeness (QED) is 0.101. The van der Waals surface area contributed by atoms with Crippen molar-refractivity contribution in [1.29, 1.82) is 0 Å². The van der Waals surface area contributed by atoms with Gasteiger partial charge in [0.15, 0.2) is 0 Å². The summed E-state index contributed by atoms with van der Waals surface area (Å²) in [6.07, 6.45) is 24.5. The summed E-state index contributed by atoms with van der Waals surface area (Å²) in [6, 6.07) is 6.83. The Labute approximate surface area is 228 Å². The average molecular weight is 517 g/mol. The molecule has 0 radical (unpaired) electrons. The summed E-state index contributed by atoms with van der Waals surface area (Å²) in [4.78, 5) is 25.4. The molecule has 212 valence electrons. The maximum atomic E-state index is 12.7. The topological polar surface area (TPSA) is 52.6 Å². The molecule has 0 atom stereocenters. The van der Waals surface area contributed by atoms with Crippen molar-refractivity contribution in [3.05, 3.63) is 35.4 Å². The van der Waals surface area contributed by atoms with Gasteiger partial charge in [0.2, 0.25) is 0 Å². The van der Waals surface area contributed by atoms with Gasteiger partial charge in [-0.3, -0.25) is 0 Å². The first-order valence-electron chi connectivity index (χ1n) is 15.6. The van der Waals surface area contributed by atoms with E-state index in [0.717, 1.165) is 38.5 Å². The lowest BCUT2D eigenvalue weighted by molar-refractivity contribution is 0.0249. The molecule has 0 amide bonds. The zero-order valence-corrected chi connectivity index (χ0v) is 24.4. The largest absolute Gasteiger partial charge is 0.462 e. The highest BCUT2D eigenvalue weighted by Crippen LogP contribution is 2.17. The molecule has 0 fully saturated rings. The molecule has 0 aliphatic rings. The zero-order valence-electron chi connectivity index (χ0n) is 24.4. The minimum absolute atomic E-state index is 0.100. The molecule has 4 nitrogen and oxygen atoms in total. The molecule has 0 spiro atoms. The Morgan fingerprint density at radius 1 is 0.568 bits per heavy atom. The highest BCUT2D eigenvalue weighted by Gasteiger charge is 2.21. The molecule has 0 aromatic heterocycles. The summed E-state index contributed by atoms with van der Waals surface area (Å²) in [5, 5.41) is 0. The first-order chi connectivity index (χ1) is 18.1. The van der Waals surface area contributed by atoms with Gasteiger partial charge < -0.3 is 9.47 Å². The van der Waals surface area contributed by atoms with Crippen LogP contribution in [-0.2, 0) is 9.47 Å². The van der Waals surface area contributed by atoms with Crippen LogP contribution in [0.2, 0.25) is 0 Å². The van der Waals surface area contributed by atoms with Crippen molar-refractivity contribution >= 4 is 11.9 Å². The Balaban J connectivity index is 2.12. The van der Waals surface area contributed by atoms with Gasteiger partial charge in [-0.25, -0.2) is 9.59 Å². The van der Waals surface area contributed by atoms with Crippen molar-refractivity contribution in [2.24, 2.45) is 0 Å². The molecule has 0 heterocycles. The third kappa shape index (κ3) is 16.6. The number of carbonyl (C=O) groups is 2. The average Bonchev–Trinajstić information content (AvgIpc) is 2.90. The predicted octanol–water partition coefficient (Wildman–Crippen LogP) is 10.2. The van der Waals surface area contributed by atoms with Crippen molar-refractivity contribution in [2.45, 2.75) is 155 Å². The molecule has 1 aromatic rings. The van der Waals surface area contributed by atoms with Gasteiger partial charge in [-0.05, 0) is 31.4 Å². The lowest BCUT2D eigenvalue weighted by Gasteiger charge is -2.17. The van der Waals surface area contributed by atoms with Crippen molar-refractivity contribution < 1.29 is 19.1 Å². The van der Waals surface area contributed by atoms with Crippen LogP contribution in [0.1, 0.15) is 170 Å². The molecule has 4 heteroatoms. The standard InChI is InChI=1S/C33H56O4/c1-4-7-8-9-10-11-12-13-14-15-16-17-18-19-20-23-28-36-32(34)30-26-21-22-27-31(30)33(35)37-29(24-5-2)25-6-3/h21-22,26-27,29H,4-20,23-25,28H2,1-3H3. The highest BCUT2D eigenvalue weighted by molar-refractivity contribution is 6.03. The lowest BCUT2D eigenvalue weighted by Crippen LogP contribution is -2.20. The van der Waals surface area contributed by atoms with E-state index in [4.69, 9.17) is 9.47 Å². The van der Waals surface area contributed by atoms with Crippen LogP contribution in [0.15, 0.2) is 24.3 Å². The Morgan fingerprint density at radius 3 is 1.41 bits per heavy atom. The van der Waals surface area contributed by atoms with Crippen molar-refractivity contribution in [3.8, 4) is 0 Å². The number of carbonyl (C=O) groups excluding carboxylic acids is 2. The smallest absolute Gasteiger partial charge is 0.339 e. The van der Waals surface area contributed by atoms with Crippen LogP contribution in [-0.4, -0.2) is 24.6 Å². The molecule has 0 saturated heterocycles. The maximum Gasteiger partial charge on any atom is 0.339 e. The van der Waals surface area contributed by atoms with Crippen molar-refractivity contribution in [2.75, 3.05) is 6.61 Å². The van der Waals surface area contributed by atoms with E-state index in [1.807, 2.05) is 0 Å². The van der Waals surface area contributed by atoms with Gasteiger partial charge in [0.1, 0.15) is 6.10 Å². The molecule has 0 bridgehead atoms. The van der Waals surface area contributed by atoms with E-state index in [2.05, 4.69) is 20.8 Å².